The number of rotatable bonds is 1. The Morgan fingerprint density at radius 2 is 2.00 bits per heavy atom. The van der Waals surface area contributed by atoms with Crippen molar-refractivity contribution >= 4 is 0 Å². The Morgan fingerprint density at radius 1 is 1.36 bits per heavy atom. The highest BCUT2D eigenvalue weighted by Crippen LogP contribution is 2.15. The molecule has 0 aromatic carbocycles. The van der Waals surface area contributed by atoms with Crippen molar-refractivity contribution in [1.82, 2.24) is 4.90 Å². The molecule has 4 heteroatoms. The first-order valence-electron chi connectivity index (χ1n) is 3.80. The number of hydrogen-bond acceptors (Lipinski definition) is 4. The third-order valence-corrected chi connectivity index (χ3v) is 2.16. The minimum Gasteiger partial charge on any atom is -0.396 e. The maximum Gasteiger partial charge on any atom is 0.0929 e. The molecule has 0 aromatic rings. The van der Waals surface area contributed by atoms with E-state index in [2.05, 4.69) is 0 Å². The molecule has 1 saturated heterocycles. The first-order chi connectivity index (χ1) is 5.15. The van der Waals surface area contributed by atoms with Crippen LogP contribution in [-0.4, -0.2) is 59.2 Å². The fourth-order valence-electron chi connectivity index (χ4n) is 1.49. The second-order valence-corrected chi connectivity index (χ2v) is 3.22. The van der Waals surface area contributed by atoms with Crippen molar-refractivity contribution in [2.75, 3.05) is 26.7 Å². The zero-order valence-electron chi connectivity index (χ0n) is 6.64. The van der Waals surface area contributed by atoms with Gasteiger partial charge in [0.1, 0.15) is 0 Å². The second kappa shape index (κ2) is 3.49. The van der Waals surface area contributed by atoms with Crippen molar-refractivity contribution in [3.8, 4) is 0 Å². The van der Waals surface area contributed by atoms with Gasteiger partial charge in [0.2, 0.25) is 0 Å². The maximum atomic E-state index is 9.32. The lowest BCUT2D eigenvalue weighted by atomic mass is 9.94. The Hall–Kier alpha value is -0.160. The van der Waals surface area contributed by atoms with Gasteiger partial charge in [-0.05, 0) is 7.05 Å². The molecule has 4 nitrogen and oxygen atoms in total. The molecule has 0 radical (unpaired) electrons. The summed E-state index contributed by atoms with van der Waals surface area (Å²) in [7, 11) is 1.86. The number of piperidine rings is 1. The number of hydrogen-bond donors (Lipinski definition) is 3. The quantitative estimate of drug-likeness (QED) is 0.427. The van der Waals surface area contributed by atoms with E-state index in [9.17, 15) is 10.2 Å². The van der Waals surface area contributed by atoms with Gasteiger partial charge in [0.05, 0.1) is 12.2 Å². The van der Waals surface area contributed by atoms with Gasteiger partial charge in [-0.2, -0.15) is 0 Å². The summed E-state index contributed by atoms with van der Waals surface area (Å²) in [6.07, 6.45) is -1.48. The Balaban J connectivity index is 2.51. The van der Waals surface area contributed by atoms with Crippen LogP contribution in [0.2, 0.25) is 0 Å². The van der Waals surface area contributed by atoms with Gasteiger partial charge in [-0.15, -0.1) is 0 Å². The van der Waals surface area contributed by atoms with Crippen molar-refractivity contribution < 1.29 is 15.3 Å². The van der Waals surface area contributed by atoms with Crippen LogP contribution in [0.25, 0.3) is 0 Å². The van der Waals surface area contributed by atoms with E-state index in [1.54, 1.807) is 0 Å². The minimum atomic E-state index is -0.767. The molecule has 1 fully saturated rings. The third kappa shape index (κ3) is 1.90. The van der Waals surface area contributed by atoms with Gasteiger partial charge in [-0.1, -0.05) is 0 Å². The molecule has 0 aromatic heterocycles. The van der Waals surface area contributed by atoms with E-state index in [1.165, 1.54) is 0 Å². The van der Waals surface area contributed by atoms with E-state index in [1.807, 2.05) is 11.9 Å². The van der Waals surface area contributed by atoms with Crippen LogP contribution >= 0.6 is 0 Å². The molecule has 1 heterocycles. The Kier molecular flexibility index (Phi) is 2.84. The van der Waals surface area contributed by atoms with Crippen LogP contribution in [0.15, 0.2) is 0 Å². The predicted octanol–water partition coefficient (Wildman–Crippen LogP) is -1.74. The van der Waals surface area contributed by atoms with E-state index < -0.39 is 12.2 Å². The standard InChI is InChI=1S/C7H15NO3/c1-8-2-5(4-9)7(11)6(10)3-8/h5-7,9-11H,2-4H2,1H3/t5-,6-,7-/m1/s1. The summed E-state index contributed by atoms with van der Waals surface area (Å²) in [6.45, 7) is 1.06. The number of aliphatic hydroxyl groups is 3. The van der Waals surface area contributed by atoms with Gasteiger partial charge in [-0.25, -0.2) is 0 Å². The summed E-state index contributed by atoms with van der Waals surface area (Å²) in [5.41, 5.74) is 0. The highest BCUT2D eigenvalue weighted by molar-refractivity contribution is 4.84. The third-order valence-electron chi connectivity index (χ3n) is 2.16. The first kappa shape index (κ1) is 8.93. The molecule has 3 atom stereocenters. The lowest BCUT2D eigenvalue weighted by Gasteiger charge is -2.36. The molecule has 11 heavy (non-hydrogen) atoms. The summed E-state index contributed by atoms with van der Waals surface area (Å²) < 4.78 is 0. The number of aliphatic hydroxyl groups excluding tert-OH is 3. The molecular weight excluding hydrogens is 146 g/mol. The fraction of sp³-hybridized carbons (Fsp3) is 1.00. The fourth-order valence-corrected chi connectivity index (χ4v) is 1.49. The van der Waals surface area contributed by atoms with E-state index in [0.717, 1.165) is 0 Å². The lowest BCUT2D eigenvalue weighted by molar-refractivity contribution is -0.0804. The highest BCUT2D eigenvalue weighted by Gasteiger charge is 2.32. The average molecular weight is 161 g/mol. The second-order valence-electron chi connectivity index (χ2n) is 3.22. The Bertz CT molecular complexity index is 131. The zero-order chi connectivity index (χ0) is 8.43. The van der Waals surface area contributed by atoms with Crippen molar-refractivity contribution in [2.45, 2.75) is 12.2 Å². The molecule has 3 N–H and O–H groups in total. The van der Waals surface area contributed by atoms with E-state index in [-0.39, 0.29) is 12.5 Å². The van der Waals surface area contributed by atoms with Crippen LogP contribution in [0.3, 0.4) is 0 Å². The number of β-amino-alcohol motifs (C(OH)–C–C–N with tert-alkyl or cyclic N) is 1. The molecule has 0 aliphatic carbocycles. The Labute approximate surface area is 66.1 Å². The van der Waals surface area contributed by atoms with Crippen LogP contribution < -0.4 is 0 Å². The van der Waals surface area contributed by atoms with Gasteiger partial charge in [0.15, 0.2) is 0 Å². The largest absolute Gasteiger partial charge is 0.396 e. The topological polar surface area (TPSA) is 63.9 Å². The molecule has 1 aliphatic rings. The van der Waals surface area contributed by atoms with Gasteiger partial charge >= 0.3 is 0 Å². The van der Waals surface area contributed by atoms with Gasteiger partial charge in [0, 0.05) is 25.6 Å². The molecular formula is C7H15NO3. The van der Waals surface area contributed by atoms with Crippen molar-refractivity contribution in [3.63, 3.8) is 0 Å². The van der Waals surface area contributed by atoms with Crippen LogP contribution in [0.4, 0.5) is 0 Å². The summed E-state index contributed by atoms with van der Waals surface area (Å²) in [4.78, 5) is 1.90. The van der Waals surface area contributed by atoms with E-state index in [4.69, 9.17) is 5.11 Å². The first-order valence-corrected chi connectivity index (χ1v) is 3.80. The van der Waals surface area contributed by atoms with Crippen molar-refractivity contribution in [2.24, 2.45) is 5.92 Å². The van der Waals surface area contributed by atoms with Crippen molar-refractivity contribution in [1.29, 1.82) is 0 Å². The number of likely N-dealkylation sites (tertiary alicyclic amines) is 1. The zero-order valence-corrected chi connectivity index (χ0v) is 6.64. The van der Waals surface area contributed by atoms with Gasteiger partial charge in [0.25, 0.3) is 0 Å². The molecule has 0 saturated carbocycles. The van der Waals surface area contributed by atoms with Gasteiger partial charge in [-0.3, -0.25) is 0 Å². The minimum absolute atomic E-state index is 0.0669. The summed E-state index contributed by atoms with van der Waals surface area (Å²) in [5.74, 6) is -0.205. The van der Waals surface area contributed by atoms with Crippen LogP contribution in [0, 0.1) is 5.92 Å². The predicted molar refractivity (Wildman–Crippen MR) is 40.1 cm³/mol. The summed E-state index contributed by atoms with van der Waals surface area (Å²) in [5, 5.41) is 27.4. The average Bonchev–Trinajstić information content (AvgIpc) is 1.96. The monoisotopic (exact) mass is 161 g/mol. The summed E-state index contributed by atoms with van der Waals surface area (Å²) >= 11 is 0. The molecule has 1 aliphatic heterocycles. The smallest absolute Gasteiger partial charge is 0.0929 e. The Morgan fingerprint density at radius 3 is 2.55 bits per heavy atom. The van der Waals surface area contributed by atoms with Crippen molar-refractivity contribution in [3.05, 3.63) is 0 Å². The van der Waals surface area contributed by atoms with E-state index >= 15 is 0 Å². The SMILES string of the molecule is CN1C[C@H](CO)[C@@H](O)[C@H](O)C1. The highest BCUT2D eigenvalue weighted by atomic mass is 16.3. The van der Waals surface area contributed by atoms with Crippen LogP contribution in [0.5, 0.6) is 0 Å². The molecule has 1 rings (SSSR count). The summed E-state index contributed by atoms with van der Waals surface area (Å²) in [6, 6.07) is 0. The molecule has 0 amide bonds. The van der Waals surface area contributed by atoms with Crippen LogP contribution in [-0.2, 0) is 0 Å². The van der Waals surface area contributed by atoms with Crippen LogP contribution in [0.1, 0.15) is 0 Å². The maximum absolute atomic E-state index is 9.32. The van der Waals surface area contributed by atoms with Gasteiger partial charge < -0.3 is 20.2 Å². The normalized spacial score (nSPS) is 40.9. The van der Waals surface area contributed by atoms with E-state index in [0.29, 0.717) is 13.1 Å². The number of likely N-dealkylation sites (N-methyl/N-ethyl adjacent to an activating group) is 1. The molecule has 66 valence electrons. The molecule has 0 unspecified atom stereocenters. The molecule has 0 bridgehead atoms. The lowest BCUT2D eigenvalue weighted by Crippen LogP contribution is -2.52. The molecule has 0 spiro atoms. The number of nitrogens with zero attached hydrogens (tertiary/aromatic N) is 1.